The summed E-state index contributed by atoms with van der Waals surface area (Å²) >= 11 is 0. The maximum Gasteiger partial charge on any atom is 0.240 e. The maximum atomic E-state index is 12.7. The molecule has 2 aromatic rings. The number of rotatable bonds is 10. The summed E-state index contributed by atoms with van der Waals surface area (Å²) in [6.07, 6.45) is 2.39. The molecule has 3 rings (SSSR count). The molecule has 0 saturated carbocycles. The fourth-order valence-corrected chi connectivity index (χ4v) is 4.25. The van der Waals surface area contributed by atoms with Crippen molar-refractivity contribution in [2.45, 2.75) is 24.3 Å². The molecular weight excluding hydrogens is 432 g/mol. The van der Waals surface area contributed by atoms with Gasteiger partial charge in [-0.2, -0.15) is 0 Å². The number of amides is 1. The van der Waals surface area contributed by atoms with Gasteiger partial charge < -0.3 is 19.1 Å². The highest BCUT2D eigenvalue weighted by atomic mass is 32.2. The van der Waals surface area contributed by atoms with Crippen molar-refractivity contribution in [2.75, 3.05) is 33.4 Å². The van der Waals surface area contributed by atoms with Crippen molar-refractivity contribution < 1.29 is 27.4 Å². The minimum Gasteiger partial charge on any atom is -0.497 e. The Morgan fingerprint density at radius 3 is 2.56 bits per heavy atom. The Morgan fingerprint density at radius 1 is 1.16 bits per heavy atom. The zero-order valence-electron chi connectivity index (χ0n) is 18.1. The molecular formula is C23H28N2O6S. The molecule has 1 aliphatic heterocycles. The monoisotopic (exact) mass is 460 g/mol. The number of nitrogens with zero attached hydrogens (tertiary/aromatic N) is 1. The van der Waals surface area contributed by atoms with Crippen LogP contribution >= 0.6 is 0 Å². The van der Waals surface area contributed by atoms with Gasteiger partial charge in [-0.25, -0.2) is 13.1 Å². The Balaban J connectivity index is 1.58. The summed E-state index contributed by atoms with van der Waals surface area (Å²) in [4.78, 5) is 14.4. The highest BCUT2D eigenvalue weighted by Crippen LogP contribution is 2.31. The van der Waals surface area contributed by atoms with Crippen molar-refractivity contribution in [1.29, 1.82) is 0 Å². The van der Waals surface area contributed by atoms with Gasteiger partial charge in [-0.1, -0.05) is 18.2 Å². The Kier molecular flexibility index (Phi) is 8.13. The normalized spacial score (nSPS) is 13.2. The Hall–Kier alpha value is -3.04. The van der Waals surface area contributed by atoms with E-state index in [0.29, 0.717) is 37.8 Å². The third kappa shape index (κ3) is 6.24. The molecule has 9 heteroatoms. The van der Waals surface area contributed by atoms with Crippen LogP contribution in [0, 0.1) is 0 Å². The highest BCUT2D eigenvalue weighted by Gasteiger charge is 2.20. The van der Waals surface area contributed by atoms with E-state index in [2.05, 4.69) is 11.3 Å². The molecule has 172 valence electrons. The Bertz CT molecular complexity index is 1040. The predicted octanol–water partition coefficient (Wildman–Crippen LogP) is 2.74. The van der Waals surface area contributed by atoms with Crippen molar-refractivity contribution in [2.24, 2.45) is 0 Å². The lowest BCUT2D eigenvalue weighted by atomic mass is 10.2. The van der Waals surface area contributed by atoms with Gasteiger partial charge in [0.1, 0.15) is 5.75 Å². The van der Waals surface area contributed by atoms with E-state index in [0.717, 1.165) is 17.7 Å². The number of carbonyl (C=O) groups is 1. The van der Waals surface area contributed by atoms with Gasteiger partial charge in [0.25, 0.3) is 0 Å². The van der Waals surface area contributed by atoms with E-state index in [9.17, 15) is 13.2 Å². The molecule has 0 saturated heterocycles. The van der Waals surface area contributed by atoms with E-state index in [1.54, 1.807) is 24.2 Å². The fourth-order valence-electron chi connectivity index (χ4n) is 3.21. The fraction of sp³-hybridized carbons (Fsp3) is 0.348. The van der Waals surface area contributed by atoms with Gasteiger partial charge in [-0.3, -0.25) is 4.79 Å². The largest absolute Gasteiger partial charge is 0.497 e. The molecule has 0 bridgehead atoms. The first kappa shape index (κ1) is 23.6. The smallest absolute Gasteiger partial charge is 0.240 e. The quantitative estimate of drug-likeness (QED) is 0.548. The van der Waals surface area contributed by atoms with Gasteiger partial charge >= 0.3 is 0 Å². The van der Waals surface area contributed by atoms with Crippen LogP contribution in [0.5, 0.6) is 17.2 Å². The van der Waals surface area contributed by atoms with Crippen LogP contribution in [0.25, 0.3) is 0 Å². The zero-order valence-corrected chi connectivity index (χ0v) is 18.9. The van der Waals surface area contributed by atoms with Crippen molar-refractivity contribution >= 4 is 15.9 Å². The van der Waals surface area contributed by atoms with Crippen molar-refractivity contribution in [1.82, 2.24) is 9.62 Å². The van der Waals surface area contributed by atoms with E-state index < -0.39 is 10.0 Å². The highest BCUT2D eigenvalue weighted by molar-refractivity contribution is 7.89. The van der Waals surface area contributed by atoms with Crippen LogP contribution in [0.4, 0.5) is 0 Å². The van der Waals surface area contributed by atoms with E-state index in [-0.39, 0.29) is 23.8 Å². The average molecular weight is 461 g/mol. The average Bonchev–Trinajstić information content (AvgIpc) is 3.04. The summed E-state index contributed by atoms with van der Waals surface area (Å²) < 4.78 is 44.1. The lowest BCUT2D eigenvalue weighted by Crippen LogP contribution is -2.34. The number of methoxy groups -OCH3 is 1. The number of carbonyl (C=O) groups excluding carboxylic acids is 1. The van der Waals surface area contributed by atoms with Gasteiger partial charge in [0.2, 0.25) is 15.9 Å². The minimum atomic E-state index is -3.80. The van der Waals surface area contributed by atoms with Crippen molar-refractivity contribution in [3.05, 3.63) is 60.7 Å². The maximum absolute atomic E-state index is 12.7. The molecule has 1 heterocycles. The minimum absolute atomic E-state index is 0.0216. The van der Waals surface area contributed by atoms with E-state index in [4.69, 9.17) is 14.2 Å². The molecule has 1 amide bonds. The third-order valence-corrected chi connectivity index (χ3v) is 6.35. The van der Waals surface area contributed by atoms with Gasteiger partial charge in [-0.05, 0) is 29.8 Å². The predicted molar refractivity (Wildman–Crippen MR) is 120 cm³/mol. The number of sulfonamides is 1. The first-order valence-corrected chi connectivity index (χ1v) is 11.8. The van der Waals surface area contributed by atoms with E-state index >= 15 is 0 Å². The molecule has 0 unspecified atom stereocenters. The third-order valence-electron chi connectivity index (χ3n) is 4.89. The molecule has 1 aliphatic rings. The molecule has 32 heavy (non-hydrogen) atoms. The van der Waals surface area contributed by atoms with Gasteiger partial charge in [-0.15, -0.1) is 6.58 Å². The van der Waals surface area contributed by atoms with Crippen LogP contribution in [-0.4, -0.2) is 52.6 Å². The number of hydrogen-bond acceptors (Lipinski definition) is 6. The van der Waals surface area contributed by atoms with Gasteiger partial charge in [0, 0.05) is 38.5 Å². The number of ether oxygens (including phenoxy) is 3. The molecule has 0 spiro atoms. The number of hydrogen-bond donors (Lipinski definition) is 1. The summed E-state index contributed by atoms with van der Waals surface area (Å²) in [6, 6.07) is 11.9. The SMILES string of the molecule is C=CCN(Cc1ccc(OC)cc1)C(=O)CCNS(=O)(=O)c1ccc2c(c1)OCCCO2. The molecule has 0 radical (unpaired) electrons. The number of fused-ring (bicyclic) bond motifs is 1. The van der Waals surface area contributed by atoms with Gasteiger partial charge in [0.15, 0.2) is 11.5 Å². The summed E-state index contributed by atoms with van der Waals surface area (Å²) in [5.74, 6) is 1.48. The van der Waals surface area contributed by atoms with Crippen LogP contribution in [0.15, 0.2) is 60.0 Å². The number of benzene rings is 2. The first-order chi connectivity index (χ1) is 15.4. The lowest BCUT2D eigenvalue weighted by Gasteiger charge is -2.21. The molecule has 0 atom stereocenters. The topological polar surface area (TPSA) is 94.2 Å². The van der Waals surface area contributed by atoms with Crippen LogP contribution in [-0.2, 0) is 21.4 Å². The second kappa shape index (κ2) is 11.0. The Labute approximate surface area is 188 Å². The van der Waals surface area contributed by atoms with Crippen LogP contribution in [0.2, 0.25) is 0 Å². The Morgan fingerprint density at radius 2 is 1.88 bits per heavy atom. The lowest BCUT2D eigenvalue weighted by molar-refractivity contribution is -0.131. The second-order valence-electron chi connectivity index (χ2n) is 7.22. The summed E-state index contributed by atoms with van der Waals surface area (Å²) in [6.45, 7) is 5.43. The standard InChI is InChI=1S/C23H28N2O6S/c1-3-13-25(17-18-5-7-19(29-2)8-6-18)23(26)11-12-24-32(27,28)20-9-10-21-22(16-20)31-15-4-14-30-21/h3,5-10,16,24H,1,4,11-15,17H2,2H3. The van der Waals surface area contributed by atoms with Gasteiger partial charge in [0.05, 0.1) is 25.2 Å². The molecule has 8 nitrogen and oxygen atoms in total. The first-order valence-electron chi connectivity index (χ1n) is 10.3. The molecule has 1 N–H and O–H groups in total. The summed E-state index contributed by atoms with van der Waals surface area (Å²) in [7, 11) is -2.20. The van der Waals surface area contributed by atoms with E-state index in [1.807, 2.05) is 24.3 Å². The van der Waals surface area contributed by atoms with Crippen LogP contribution in [0.3, 0.4) is 0 Å². The molecule has 2 aromatic carbocycles. The number of nitrogens with one attached hydrogen (secondary N) is 1. The molecule has 0 aromatic heterocycles. The second-order valence-corrected chi connectivity index (χ2v) is 8.98. The molecule has 0 fully saturated rings. The van der Waals surface area contributed by atoms with Crippen LogP contribution < -0.4 is 18.9 Å². The van der Waals surface area contributed by atoms with E-state index in [1.165, 1.54) is 12.1 Å². The van der Waals surface area contributed by atoms with Crippen LogP contribution in [0.1, 0.15) is 18.4 Å². The summed E-state index contributed by atoms with van der Waals surface area (Å²) in [5.41, 5.74) is 0.939. The molecule has 0 aliphatic carbocycles. The zero-order chi connectivity index (χ0) is 23.0. The summed E-state index contributed by atoms with van der Waals surface area (Å²) in [5, 5.41) is 0. The van der Waals surface area contributed by atoms with Crippen molar-refractivity contribution in [3.63, 3.8) is 0 Å². The van der Waals surface area contributed by atoms with Crippen molar-refractivity contribution in [3.8, 4) is 17.2 Å².